The summed E-state index contributed by atoms with van der Waals surface area (Å²) in [4.78, 5) is 207. The van der Waals surface area contributed by atoms with Crippen LogP contribution in [-0.4, -0.2) is 221 Å². The smallest absolute Gasteiger partial charge is 0.257 e. The van der Waals surface area contributed by atoms with E-state index in [9.17, 15) is 38.4 Å². The van der Waals surface area contributed by atoms with E-state index in [1.54, 1.807) is 30.5 Å². The van der Waals surface area contributed by atoms with Crippen LogP contribution in [0.1, 0.15) is 93.8 Å². The molecule has 0 spiro atoms. The number of nitrogens with one attached hydrogen (secondary N) is 15. The average Bonchev–Trinajstić information content (AvgIpc) is 1.64. The predicted octanol–water partition coefficient (Wildman–Crippen LogP) is -4.74. The van der Waals surface area contributed by atoms with Crippen LogP contribution >= 0.6 is 21.6 Å². The van der Waals surface area contributed by atoms with E-state index in [1.807, 2.05) is 0 Å². The van der Waals surface area contributed by atoms with E-state index in [0.29, 0.717) is 70.0 Å². The summed E-state index contributed by atoms with van der Waals surface area (Å²) in [6.07, 6.45) is 10.8. The molecule has 7 heterocycles. The first-order valence-electron chi connectivity index (χ1n) is 33.0. The average molecular weight is 1430 g/mol. The number of carbonyl (C=O) groups is 12. The van der Waals surface area contributed by atoms with Gasteiger partial charge in [-0.25, -0.2) is 15.0 Å². The van der Waals surface area contributed by atoms with Crippen molar-refractivity contribution in [2.45, 2.75) is 163 Å². The first-order chi connectivity index (χ1) is 48.2. The Bertz CT molecular complexity index is 3650. The molecule has 0 aliphatic carbocycles. The molecule has 12 amide bonds. The zero-order chi connectivity index (χ0) is 71.7. The Balaban J connectivity index is 1.24. The maximum Gasteiger partial charge on any atom is 0.257 e. The Kier molecular flexibility index (Phi) is 28.6. The third kappa shape index (κ3) is 22.2. The fourth-order valence-corrected chi connectivity index (χ4v) is 13.9. The Labute approximate surface area is 582 Å². The number of nitrogens with two attached hydrogens (primary N) is 4. The van der Waals surface area contributed by atoms with Gasteiger partial charge in [-0.1, -0.05) is 39.8 Å². The molecule has 0 radical (unpaired) electrons. The molecular weight excluding hydrogens is 1340 g/mol. The molecule has 3 aliphatic heterocycles. The van der Waals surface area contributed by atoms with Gasteiger partial charge in [0, 0.05) is 97.3 Å². The fraction of sp³-hybridized carbons (Fsp3) is 0.516. The molecule has 36 nitrogen and oxygen atoms in total. The van der Waals surface area contributed by atoms with Gasteiger partial charge >= 0.3 is 0 Å². The van der Waals surface area contributed by atoms with Crippen molar-refractivity contribution in [1.82, 2.24) is 98.3 Å². The topological polar surface area (TPSA) is 559 Å². The van der Waals surface area contributed by atoms with Crippen molar-refractivity contribution >= 4 is 109 Å². The number of aromatic nitrogens is 7. The molecule has 11 atom stereocenters. The van der Waals surface area contributed by atoms with Crippen molar-refractivity contribution in [3.05, 3.63) is 90.7 Å². The van der Waals surface area contributed by atoms with Crippen LogP contribution in [0, 0.1) is 0 Å². The van der Waals surface area contributed by atoms with Crippen molar-refractivity contribution in [2.75, 3.05) is 38.5 Å². The molecule has 100 heavy (non-hydrogen) atoms. The van der Waals surface area contributed by atoms with Crippen LogP contribution in [0.5, 0.6) is 0 Å². The lowest BCUT2D eigenvalue weighted by Crippen LogP contribution is -2.61. The molecule has 0 saturated carbocycles. The first-order valence-corrected chi connectivity index (χ1v) is 35.4. The van der Waals surface area contributed by atoms with Crippen LogP contribution in [0.3, 0.4) is 0 Å². The second-order valence-electron chi connectivity index (χ2n) is 24.4. The Morgan fingerprint density at radius 3 is 1.61 bits per heavy atom. The summed E-state index contributed by atoms with van der Waals surface area (Å²) in [7, 11) is 1.50. The van der Waals surface area contributed by atoms with E-state index < -0.39 is 149 Å². The third-order valence-corrected chi connectivity index (χ3v) is 19.4. The minimum absolute atomic E-state index is 0.00635. The molecule has 540 valence electrons. The highest BCUT2D eigenvalue weighted by atomic mass is 33.1. The normalized spacial score (nSPS) is 24.9. The number of hydrogen-bond acceptors (Lipinski definition) is 20. The lowest BCUT2D eigenvalue weighted by molar-refractivity contribution is -0.140. The van der Waals surface area contributed by atoms with Crippen molar-refractivity contribution in [1.29, 1.82) is 0 Å². The van der Waals surface area contributed by atoms with Gasteiger partial charge in [-0.2, -0.15) is 0 Å². The summed E-state index contributed by atoms with van der Waals surface area (Å²) >= 11 is 0. The monoisotopic (exact) mass is 1420 g/mol. The van der Waals surface area contributed by atoms with E-state index in [4.69, 9.17) is 22.9 Å². The van der Waals surface area contributed by atoms with E-state index in [2.05, 4.69) is 98.4 Å². The van der Waals surface area contributed by atoms with Crippen molar-refractivity contribution < 1.29 is 57.5 Å². The summed E-state index contributed by atoms with van der Waals surface area (Å²) in [6.45, 7) is 0.970. The highest BCUT2D eigenvalue weighted by Crippen LogP contribution is 2.31. The number of guanidine groups is 1. The van der Waals surface area contributed by atoms with Gasteiger partial charge in [0.1, 0.15) is 60.4 Å². The number of para-hydroxylation sites is 1. The number of fused-ring (bicyclic) bond motifs is 6. The maximum atomic E-state index is 15.5. The highest BCUT2D eigenvalue weighted by Gasteiger charge is 2.42. The second kappa shape index (κ2) is 37.8. The second-order valence-corrected chi connectivity index (χ2v) is 26.9. The Hall–Kier alpha value is -10.1. The number of H-pyrrole nitrogens is 4. The molecule has 1 unspecified atom stereocenters. The summed E-state index contributed by atoms with van der Waals surface area (Å²) < 4.78 is 0. The van der Waals surface area contributed by atoms with Crippen molar-refractivity contribution in [3.8, 4) is 0 Å². The molecule has 5 aromatic rings. The largest absolute Gasteiger partial charge is 0.370 e. The van der Waals surface area contributed by atoms with Crippen LogP contribution in [0.15, 0.2) is 73.0 Å². The number of aliphatic imine (C=N–C) groups is 1. The number of nitrogens with zero attached hydrogens (tertiary/aromatic N) is 5. The molecule has 23 N–H and O–H groups in total. The Morgan fingerprint density at radius 1 is 0.540 bits per heavy atom. The first kappa shape index (κ1) is 75.7. The molecule has 8 rings (SSSR count). The lowest BCUT2D eigenvalue weighted by atomic mass is 10.0. The fourth-order valence-electron chi connectivity index (χ4n) is 11.5. The summed E-state index contributed by atoms with van der Waals surface area (Å²) in [5, 5.41) is 28.7. The molecule has 1 aromatic carbocycles. The van der Waals surface area contributed by atoms with Gasteiger partial charge in [0.05, 0.1) is 25.5 Å². The molecule has 38 heteroatoms. The third-order valence-electron chi connectivity index (χ3n) is 16.9. The van der Waals surface area contributed by atoms with Gasteiger partial charge in [-0.3, -0.25) is 62.5 Å². The quantitative estimate of drug-likeness (QED) is 0.0151. The molecular formula is C62H88N24O12S2. The van der Waals surface area contributed by atoms with E-state index in [0.717, 1.165) is 10.8 Å². The number of rotatable bonds is 20. The number of aromatic amines is 4. The van der Waals surface area contributed by atoms with Gasteiger partial charge < -0.3 is 106 Å². The number of amides is 12. The van der Waals surface area contributed by atoms with E-state index >= 15 is 19.2 Å². The molecule has 4 aromatic heterocycles. The molecule has 2 bridgehead atoms. The number of benzene rings is 1. The zero-order valence-electron chi connectivity index (χ0n) is 55.1. The van der Waals surface area contributed by atoms with Crippen molar-refractivity contribution in [2.24, 2.45) is 27.9 Å². The van der Waals surface area contributed by atoms with Gasteiger partial charge in [-0.05, 0) is 95.9 Å². The minimum atomic E-state index is -1.69. The molecule has 3 aliphatic rings. The van der Waals surface area contributed by atoms with Crippen LogP contribution in [0.25, 0.3) is 10.9 Å². The number of unbranched alkanes of at least 4 members (excludes halogenated alkanes) is 2. The SMILES string of the molecule is C[C@@H]1NC(=O)[C@@H]2CSSC(NC(=O)[C@H](CCCN=C(N)N)NC(=O)[C@H](Cc3cnc[nH]3)NC(=O)[C@H](CCCCN)NC(=O)[C@H](CCCCN)NC1=O)C(=O)N1CCC[C@H]1C(=O)N[C@@H](Cc1cnc[nH]1)C(=O)NCC(=O)N[C@@H](Cc1cnc[nH]1)C(=O)N[C@@H](Cc1c[nH]c3ccccc13)C(=O)N2. The van der Waals surface area contributed by atoms with Crippen LogP contribution in [0.4, 0.5) is 0 Å². The predicted molar refractivity (Wildman–Crippen MR) is 367 cm³/mol. The number of imidazole rings is 3. The molecule has 3 fully saturated rings. The minimum Gasteiger partial charge on any atom is -0.370 e. The van der Waals surface area contributed by atoms with Gasteiger partial charge in [-0.15, -0.1) is 0 Å². The zero-order valence-corrected chi connectivity index (χ0v) is 56.7. The van der Waals surface area contributed by atoms with Gasteiger partial charge in [0.25, 0.3) is 5.91 Å². The van der Waals surface area contributed by atoms with Crippen LogP contribution < -0.4 is 81.4 Å². The standard InChI is InChI=1S/C62H88N24O12S2/c1-33-50(88)78-40(12-4-6-16-63)52(90)79-41(13-5-7-17-64)53(91)82-46(23-37-27-69-32-75-37)57(95)80-42(14-8-18-70-62(65)66)54(92)85-60-61(98)86-19-9-15-48(86)59(97)83-44(21-35-25-67-30-73-35)51(89)72-28-49(87)77-45(22-36-26-68-31-74-36)56(94)81-43(20-34-24-71-39-11-3-2-10-38(34)39)55(93)84-47(29-99-100-60)58(96)76-33/h2-3,10-11,24-27,30-33,40-48,60,71H,4-9,12-23,28-29,63-64H2,1H3,(H,67,73)(H,68,74)(H,69,75)(H,72,89)(H,76,96)(H,77,87)(H,78,88)(H,79,90)(H,80,95)(H,81,94)(H,82,91)(H,83,97)(H,84,93)(H,85,92)(H4,65,66,70)/t33-,40-,41-,42-,43-,44-,45-,46-,47-,48-,60?/m0/s1. The Morgan fingerprint density at radius 2 is 1.04 bits per heavy atom. The number of carbonyl (C=O) groups excluding carboxylic acids is 12. The van der Waals surface area contributed by atoms with Gasteiger partial charge in [0.2, 0.25) is 65.0 Å². The summed E-state index contributed by atoms with van der Waals surface area (Å²) in [6, 6.07) is -7.36. The summed E-state index contributed by atoms with van der Waals surface area (Å²) in [5.74, 6) is -11.3. The molecule has 3 saturated heterocycles. The lowest BCUT2D eigenvalue weighted by Gasteiger charge is -2.31. The maximum absolute atomic E-state index is 15.5. The summed E-state index contributed by atoms with van der Waals surface area (Å²) in [5.41, 5.74) is 25.4. The number of hydrogen-bond donors (Lipinski definition) is 19. The van der Waals surface area contributed by atoms with E-state index in [-0.39, 0.29) is 96.3 Å². The van der Waals surface area contributed by atoms with Crippen LogP contribution in [0.2, 0.25) is 0 Å². The van der Waals surface area contributed by atoms with Crippen molar-refractivity contribution in [3.63, 3.8) is 0 Å². The van der Waals surface area contributed by atoms with E-state index in [1.165, 1.54) is 49.4 Å². The highest BCUT2D eigenvalue weighted by molar-refractivity contribution is 8.77. The van der Waals surface area contributed by atoms with Crippen LogP contribution in [-0.2, 0) is 83.2 Å². The van der Waals surface area contributed by atoms with Gasteiger partial charge in [0.15, 0.2) is 11.3 Å².